The third kappa shape index (κ3) is 9.46. The van der Waals surface area contributed by atoms with E-state index in [1.54, 1.807) is 24.3 Å². The van der Waals surface area contributed by atoms with Crippen LogP contribution in [-0.4, -0.2) is 5.11 Å². The van der Waals surface area contributed by atoms with Gasteiger partial charge < -0.3 is 35.4 Å². The molecule has 0 bridgehead atoms. The molecule has 3 aromatic carbocycles. The normalized spacial score (nSPS) is 7.78. The number of aromatic hydroxyl groups is 1. The Morgan fingerprint density at radius 3 is 1.33 bits per heavy atom. The van der Waals surface area contributed by atoms with Gasteiger partial charge in [-0.25, -0.2) is 12.1 Å². The van der Waals surface area contributed by atoms with E-state index < -0.39 is 0 Å². The quantitative estimate of drug-likeness (QED) is 0.483. The van der Waals surface area contributed by atoms with Crippen molar-refractivity contribution in [3.8, 4) is 5.75 Å². The Morgan fingerprint density at radius 1 is 0.667 bits per heavy atom. The molecule has 3 rings (SSSR count). The second-order valence-electron chi connectivity index (χ2n) is 3.26. The zero-order valence-corrected chi connectivity index (χ0v) is 11.1. The van der Waals surface area contributed by atoms with Crippen LogP contribution >= 0.6 is 0 Å². The van der Waals surface area contributed by atoms with E-state index in [0.29, 0.717) is 5.75 Å². The van der Waals surface area contributed by atoms with Crippen molar-refractivity contribution in [2.45, 2.75) is 0 Å². The molecule has 0 unspecified atom stereocenters. The first-order valence-corrected chi connectivity index (χ1v) is 5.47. The molecule has 0 aliphatic carbocycles. The molecule has 0 saturated carbocycles. The van der Waals surface area contributed by atoms with Gasteiger partial charge in [-0.2, -0.15) is 18.2 Å². The van der Waals surface area contributed by atoms with Crippen molar-refractivity contribution < 1.29 is 22.2 Å². The van der Waals surface area contributed by atoms with Crippen LogP contribution in [0.3, 0.4) is 0 Å². The van der Waals surface area contributed by atoms with Gasteiger partial charge >= 0.3 is 0 Å². The molecular weight excluding hydrogens is 264 g/mol. The van der Waals surface area contributed by atoms with E-state index in [2.05, 4.69) is 0 Å². The summed E-state index contributed by atoms with van der Waals surface area (Å²) < 4.78 is 0. The first-order valence-electron chi connectivity index (χ1n) is 5.47. The number of hydrogen-bond acceptors (Lipinski definition) is 1. The number of benzene rings is 1. The summed E-state index contributed by atoms with van der Waals surface area (Å²) in [5, 5.41) is 8.63. The Hall–Kier alpha value is -1.76. The van der Waals surface area contributed by atoms with Crippen LogP contribution in [0.2, 0.25) is 0 Å². The maximum absolute atomic E-state index is 8.63. The van der Waals surface area contributed by atoms with Crippen LogP contribution in [0, 0.1) is 0 Å². The Kier molecular flexibility index (Phi) is 10.6. The van der Waals surface area contributed by atoms with Crippen LogP contribution in [0.15, 0.2) is 91.0 Å². The number of hydrogen-bond donors (Lipinski definition) is 1. The smallest absolute Gasteiger partial charge is 0.115 e. The molecule has 0 fully saturated rings. The van der Waals surface area contributed by atoms with E-state index in [0.717, 1.165) is 0 Å². The molecule has 0 aliphatic rings. The second kappa shape index (κ2) is 11.7. The van der Waals surface area contributed by atoms with Crippen molar-refractivity contribution in [2.24, 2.45) is 0 Å². The molecular formula is C16H16FeO-6. The second-order valence-corrected chi connectivity index (χ2v) is 3.26. The fraction of sp³-hybridized carbons (Fsp3) is 0. The van der Waals surface area contributed by atoms with Crippen molar-refractivity contribution in [3.63, 3.8) is 0 Å². The van der Waals surface area contributed by atoms with Gasteiger partial charge in [0.25, 0.3) is 0 Å². The van der Waals surface area contributed by atoms with Crippen molar-refractivity contribution in [1.29, 1.82) is 0 Å². The van der Waals surface area contributed by atoms with Crippen molar-refractivity contribution in [3.05, 3.63) is 91.0 Å². The summed E-state index contributed by atoms with van der Waals surface area (Å²) in [6, 6.07) is 28.7. The SMILES string of the molecule is Oc1ccccc1.[Fe].[cH-]1[cH-][cH-][cH-][cH-]1.c1cc[cH-]c1. The average Bonchev–Trinajstić information content (AvgIpc) is 3.09. The van der Waals surface area contributed by atoms with Gasteiger partial charge in [0.1, 0.15) is 5.75 Å². The minimum absolute atomic E-state index is 0. The van der Waals surface area contributed by atoms with Crippen LogP contribution in [-0.2, 0) is 17.1 Å². The van der Waals surface area contributed by atoms with Crippen LogP contribution in [0.4, 0.5) is 0 Å². The first kappa shape index (κ1) is 16.2. The molecule has 0 radical (unpaired) electrons. The van der Waals surface area contributed by atoms with E-state index in [1.165, 1.54) is 0 Å². The fourth-order valence-electron chi connectivity index (χ4n) is 1.07. The predicted molar refractivity (Wildman–Crippen MR) is 72.2 cm³/mol. The topological polar surface area (TPSA) is 20.2 Å². The van der Waals surface area contributed by atoms with E-state index in [1.807, 2.05) is 66.7 Å². The number of phenolic OH excluding ortho intramolecular Hbond substituents is 1. The molecule has 0 aliphatic heterocycles. The van der Waals surface area contributed by atoms with Crippen LogP contribution in [0.25, 0.3) is 0 Å². The monoisotopic (exact) mass is 280 g/mol. The van der Waals surface area contributed by atoms with E-state index >= 15 is 0 Å². The summed E-state index contributed by atoms with van der Waals surface area (Å²) in [6.45, 7) is 0. The van der Waals surface area contributed by atoms with E-state index in [9.17, 15) is 0 Å². The minimum Gasteiger partial charge on any atom is -0.748 e. The van der Waals surface area contributed by atoms with Gasteiger partial charge in [-0.15, -0.1) is 0 Å². The number of para-hydroxylation sites is 1. The molecule has 1 N–H and O–H groups in total. The summed E-state index contributed by atoms with van der Waals surface area (Å²) >= 11 is 0. The molecule has 100 valence electrons. The summed E-state index contributed by atoms with van der Waals surface area (Å²) in [5.41, 5.74) is 0. The fourth-order valence-corrected chi connectivity index (χ4v) is 1.07. The largest absolute Gasteiger partial charge is 0.748 e. The van der Waals surface area contributed by atoms with E-state index in [-0.39, 0.29) is 17.1 Å². The van der Waals surface area contributed by atoms with Crippen LogP contribution in [0.1, 0.15) is 0 Å². The number of phenols is 1. The third-order valence-corrected chi connectivity index (χ3v) is 1.87. The Balaban J connectivity index is 0.000000239. The molecule has 18 heavy (non-hydrogen) atoms. The van der Waals surface area contributed by atoms with Crippen molar-refractivity contribution in [2.75, 3.05) is 0 Å². The molecule has 0 amide bonds. The molecule has 1 nitrogen and oxygen atoms in total. The van der Waals surface area contributed by atoms with Gasteiger partial charge in [0.05, 0.1) is 0 Å². The zero-order valence-electron chi connectivity index (χ0n) is 9.96. The van der Waals surface area contributed by atoms with Crippen molar-refractivity contribution >= 4 is 0 Å². The van der Waals surface area contributed by atoms with Gasteiger partial charge in [-0.05, 0) is 12.1 Å². The predicted octanol–water partition coefficient (Wildman–Crippen LogP) is 4.20. The maximum atomic E-state index is 8.63. The average molecular weight is 280 g/mol. The van der Waals surface area contributed by atoms with Gasteiger partial charge in [-0.3, -0.25) is 0 Å². The summed E-state index contributed by atoms with van der Waals surface area (Å²) in [6.07, 6.45) is 0. The minimum atomic E-state index is 0. The Labute approximate surface area is 119 Å². The standard InChI is InChI=1S/C6H6O.2C5H5.Fe/c7-6-4-2-1-3-5-6;2*1-2-4-5-3-1;/h1-5,7H;2*1-5H;/q;-5;-1;. The van der Waals surface area contributed by atoms with Gasteiger partial charge in [0.15, 0.2) is 0 Å². The van der Waals surface area contributed by atoms with Gasteiger partial charge in [-0.1, -0.05) is 18.2 Å². The molecule has 0 aromatic heterocycles. The van der Waals surface area contributed by atoms with Crippen LogP contribution in [0.5, 0.6) is 5.75 Å². The Morgan fingerprint density at radius 2 is 1.11 bits per heavy atom. The Bertz CT molecular complexity index is 368. The third-order valence-electron chi connectivity index (χ3n) is 1.87. The van der Waals surface area contributed by atoms with Crippen molar-refractivity contribution in [1.82, 2.24) is 0 Å². The molecule has 2 heteroatoms. The van der Waals surface area contributed by atoms with Gasteiger partial charge in [0.2, 0.25) is 0 Å². The van der Waals surface area contributed by atoms with Crippen LogP contribution < -0.4 is 0 Å². The summed E-state index contributed by atoms with van der Waals surface area (Å²) in [7, 11) is 0. The first-order chi connectivity index (χ1) is 8.39. The van der Waals surface area contributed by atoms with Gasteiger partial charge in [0, 0.05) is 17.1 Å². The number of rotatable bonds is 0. The summed E-state index contributed by atoms with van der Waals surface area (Å²) in [5.74, 6) is 0.322. The molecule has 0 atom stereocenters. The summed E-state index contributed by atoms with van der Waals surface area (Å²) in [4.78, 5) is 0. The zero-order chi connectivity index (χ0) is 12.2. The van der Waals surface area contributed by atoms with E-state index in [4.69, 9.17) is 5.11 Å². The molecule has 0 saturated heterocycles. The molecule has 0 spiro atoms. The maximum Gasteiger partial charge on any atom is 0.115 e. The molecule has 0 heterocycles. The molecule has 3 aromatic rings.